The molecule has 1 unspecified atom stereocenters. The van der Waals surface area contributed by atoms with Crippen molar-refractivity contribution in [2.75, 3.05) is 13.2 Å². The Hall–Kier alpha value is -2.30. The van der Waals surface area contributed by atoms with Gasteiger partial charge in [-0.2, -0.15) is 5.10 Å². The number of carbonyl (C=O) groups excluding carboxylic acids is 1. The smallest absolute Gasteiger partial charge is 0.269 e. The molecule has 116 valence electrons. The SMILES string of the molecule is CC(C)Cn1nccc1C(=O)NCC1COc2ccccc21. The minimum Gasteiger partial charge on any atom is -0.493 e. The normalized spacial score (nSPS) is 16.4. The fraction of sp³-hybridized carbons (Fsp3) is 0.412. The van der Waals surface area contributed by atoms with E-state index in [-0.39, 0.29) is 11.8 Å². The average Bonchev–Trinajstić information content (AvgIpc) is 3.11. The standard InChI is InChI=1S/C17H21N3O2/c1-12(2)10-20-15(7-8-19-20)17(21)18-9-13-11-22-16-6-4-3-5-14(13)16/h3-8,12-13H,9-11H2,1-2H3,(H,18,21). The van der Waals surface area contributed by atoms with Crippen LogP contribution in [0.4, 0.5) is 0 Å². The molecule has 0 bridgehead atoms. The minimum atomic E-state index is -0.0810. The first-order chi connectivity index (χ1) is 10.6. The van der Waals surface area contributed by atoms with Crippen LogP contribution in [0.2, 0.25) is 0 Å². The number of carbonyl (C=O) groups is 1. The number of benzene rings is 1. The quantitative estimate of drug-likeness (QED) is 0.922. The van der Waals surface area contributed by atoms with Crippen LogP contribution in [0.3, 0.4) is 0 Å². The predicted octanol–water partition coefficient (Wildman–Crippen LogP) is 2.45. The van der Waals surface area contributed by atoms with Crippen LogP contribution in [-0.4, -0.2) is 28.8 Å². The lowest BCUT2D eigenvalue weighted by Crippen LogP contribution is -2.31. The second kappa shape index (κ2) is 6.22. The number of hydrogen-bond donors (Lipinski definition) is 1. The zero-order valence-electron chi connectivity index (χ0n) is 13.0. The maximum atomic E-state index is 12.4. The van der Waals surface area contributed by atoms with Crippen LogP contribution < -0.4 is 10.1 Å². The molecule has 0 spiro atoms. The summed E-state index contributed by atoms with van der Waals surface area (Å²) < 4.78 is 7.40. The van der Waals surface area contributed by atoms with Gasteiger partial charge < -0.3 is 10.1 Å². The van der Waals surface area contributed by atoms with Crippen molar-refractivity contribution in [2.45, 2.75) is 26.3 Å². The molecule has 2 heterocycles. The Balaban J connectivity index is 1.63. The van der Waals surface area contributed by atoms with Gasteiger partial charge in [-0.05, 0) is 18.1 Å². The molecule has 0 fully saturated rings. The number of amides is 1. The molecule has 5 nitrogen and oxygen atoms in total. The van der Waals surface area contributed by atoms with Crippen LogP contribution in [0.25, 0.3) is 0 Å². The maximum absolute atomic E-state index is 12.4. The Labute approximate surface area is 130 Å². The van der Waals surface area contributed by atoms with E-state index >= 15 is 0 Å². The Kier molecular flexibility index (Phi) is 4.13. The van der Waals surface area contributed by atoms with E-state index in [1.54, 1.807) is 16.9 Å². The fourth-order valence-electron chi connectivity index (χ4n) is 2.72. The highest BCUT2D eigenvalue weighted by Crippen LogP contribution is 2.32. The lowest BCUT2D eigenvalue weighted by Gasteiger charge is -2.12. The lowest BCUT2D eigenvalue weighted by molar-refractivity contribution is 0.0938. The van der Waals surface area contributed by atoms with Crippen molar-refractivity contribution in [3.05, 3.63) is 47.8 Å². The van der Waals surface area contributed by atoms with Gasteiger partial charge in [-0.3, -0.25) is 9.48 Å². The Morgan fingerprint density at radius 2 is 2.23 bits per heavy atom. The topological polar surface area (TPSA) is 56.2 Å². The van der Waals surface area contributed by atoms with Gasteiger partial charge in [0.05, 0.1) is 6.61 Å². The van der Waals surface area contributed by atoms with Crippen LogP contribution in [-0.2, 0) is 6.54 Å². The van der Waals surface area contributed by atoms with Crippen molar-refractivity contribution in [2.24, 2.45) is 5.92 Å². The number of hydrogen-bond acceptors (Lipinski definition) is 3. The molecule has 2 aromatic rings. The summed E-state index contributed by atoms with van der Waals surface area (Å²) in [6, 6.07) is 9.75. The average molecular weight is 299 g/mol. The van der Waals surface area contributed by atoms with E-state index in [9.17, 15) is 4.79 Å². The van der Waals surface area contributed by atoms with Crippen molar-refractivity contribution in [1.29, 1.82) is 0 Å². The van der Waals surface area contributed by atoms with Gasteiger partial charge in [0.1, 0.15) is 11.4 Å². The van der Waals surface area contributed by atoms with Crippen molar-refractivity contribution < 1.29 is 9.53 Å². The van der Waals surface area contributed by atoms with E-state index in [2.05, 4.69) is 30.3 Å². The fourth-order valence-corrected chi connectivity index (χ4v) is 2.72. The van der Waals surface area contributed by atoms with E-state index in [0.717, 1.165) is 12.3 Å². The number of nitrogens with one attached hydrogen (secondary N) is 1. The second-order valence-electron chi connectivity index (χ2n) is 6.05. The monoisotopic (exact) mass is 299 g/mol. The van der Waals surface area contributed by atoms with Crippen LogP contribution in [0, 0.1) is 5.92 Å². The van der Waals surface area contributed by atoms with Gasteiger partial charge in [-0.1, -0.05) is 32.0 Å². The van der Waals surface area contributed by atoms with Crippen molar-refractivity contribution in [3.8, 4) is 5.75 Å². The molecule has 1 amide bonds. The minimum absolute atomic E-state index is 0.0810. The van der Waals surface area contributed by atoms with Gasteiger partial charge in [0.2, 0.25) is 0 Å². The van der Waals surface area contributed by atoms with E-state index in [0.29, 0.717) is 24.8 Å². The van der Waals surface area contributed by atoms with Crippen LogP contribution >= 0.6 is 0 Å². The molecule has 5 heteroatoms. The Bertz CT molecular complexity index is 663. The van der Waals surface area contributed by atoms with Gasteiger partial charge in [0, 0.05) is 30.8 Å². The summed E-state index contributed by atoms with van der Waals surface area (Å²) in [7, 11) is 0. The number of fused-ring (bicyclic) bond motifs is 1. The molecule has 0 saturated carbocycles. The summed E-state index contributed by atoms with van der Waals surface area (Å²) in [4.78, 5) is 12.4. The number of aromatic nitrogens is 2. The van der Waals surface area contributed by atoms with Crippen molar-refractivity contribution in [1.82, 2.24) is 15.1 Å². The van der Waals surface area contributed by atoms with E-state index < -0.39 is 0 Å². The van der Waals surface area contributed by atoms with Gasteiger partial charge in [-0.15, -0.1) is 0 Å². The first-order valence-electron chi connectivity index (χ1n) is 7.67. The van der Waals surface area contributed by atoms with E-state index in [1.807, 2.05) is 18.2 Å². The van der Waals surface area contributed by atoms with Crippen molar-refractivity contribution in [3.63, 3.8) is 0 Å². The Morgan fingerprint density at radius 1 is 1.41 bits per heavy atom. The molecule has 1 N–H and O–H groups in total. The number of rotatable bonds is 5. The van der Waals surface area contributed by atoms with Gasteiger partial charge in [0.15, 0.2) is 0 Å². The summed E-state index contributed by atoms with van der Waals surface area (Å²) in [5.74, 6) is 1.50. The first-order valence-corrected chi connectivity index (χ1v) is 7.67. The van der Waals surface area contributed by atoms with Crippen LogP contribution in [0.5, 0.6) is 5.75 Å². The highest BCUT2D eigenvalue weighted by Gasteiger charge is 2.24. The molecular formula is C17H21N3O2. The molecule has 1 atom stereocenters. The van der Waals surface area contributed by atoms with Crippen molar-refractivity contribution >= 4 is 5.91 Å². The molecule has 3 rings (SSSR count). The third-order valence-electron chi connectivity index (χ3n) is 3.80. The molecule has 1 aliphatic rings. The van der Waals surface area contributed by atoms with Gasteiger partial charge in [0.25, 0.3) is 5.91 Å². The predicted molar refractivity (Wildman–Crippen MR) is 84.1 cm³/mol. The summed E-state index contributed by atoms with van der Waals surface area (Å²) in [5.41, 5.74) is 1.78. The van der Waals surface area contributed by atoms with Gasteiger partial charge >= 0.3 is 0 Å². The largest absolute Gasteiger partial charge is 0.493 e. The number of para-hydroxylation sites is 1. The first kappa shape index (κ1) is 14.6. The van der Waals surface area contributed by atoms with Crippen LogP contribution in [0.1, 0.15) is 35.8 Å². The number of nitrogens with zero attached hydrogens (tertiary/aromatic N) is 2. The van der Waals surface area contributed by atoms with Crippen LogP contribution in [0.15, 0.2) is 36.5 Å². The van der Waals surface area contributed by atoms with Gasteiger partial charge in [-0.25, -0.2) is 0 Å². The summed E-state index contributed by atoms with van der Waals surface area (Å²) >= 11 is 0. The highest BCUT2D eigenvalue weighted by molar-refractivity contribution is 5.92. The third-order valence-corrected chi connectivity index (χ3v) is 3.80. The maximum Gasteiger partial charge on any atom is 0.269 e. The highest BCUT2D eigenvalue weighted by atomic mass is 16.5. The molecule has 22 heavy (non-hydrogen) atoms. The lowest BCUT2D eigenvalue weighted by atomic mass is 10.0. The van der Waals surface area contributed by atoms with E-state index in [1.165, 1.54) is 5.56 Å². The second-order valence-corrected chi connectivity index (χ2v) is 6.05. The summed E-state index contributed by atoms with van der Waals surface area (Å²) in [6.07, 6.45) is 1.67. The molecular weight excluding hydrogens is 278 g/mol. The molecule has 1 aliphatic heterocycles. The van der Waals surface area contributed by atoms with E-state index in [4.69, 9.17) is 4.74 Å². The third kappa shape index (κ3) is 2.98. The number of ether oxygens (including phenoxy) is 1. The Morgan fingerprint density at radius 3 is 3.05 bits per heavy atom. The summed E-state index contributed by atoms with van der Waals surface area (Å²) in [5, 5.41) is 7.23. The molecule has 0 radical (unpaired) electrons. The molecule has 0 saturated heterocycles. The zero-order valence-corrected chi connectivity index (χ0v) is 13.0. The summed E-state index contributed by atoms with van der Waals surface area (Å²) in [6.45, 7) is 6.14. The molecule has 1 aromatic carbocycles. The molecule has 0 aliphatic carbocycles. The zero-order chi connectivity index (χ0) is 15.5. The molecule has 1 aromatic heterocycles.